The van der Waals surface area contributed by atoms with E-state index in [2.05, 4.69) is 50.6 Å². The maximum atomic E-state index is 13.7. The van der Waals surface area contributed by atoms with Crippen LogP contribution >= 0.6 is 0 Å². The second-order valence-electron chi connectivity index (χ2n) is 13.9. The standard InChI is InChI=1S/C32H37F6N5O.C5H10O2/c1-3-26-17-28(18-27(41(26)2)15-22-7-5-4-6-8-22)43(30-39-19-29(20-40-30)42-9-11-44-12-10-42)21-23-13-24(31(33,34)35)16-25(14-23)32(36,37)38;1-5(2,3)7-4-6/h4-8,13-14,16,19-20,26-28H,3,9-12,15,17-18,21H2,1-2H3;4H,1-3H3/t26-,27+,28+;/m1./s1. The number of carbonyl (C=O) groups is 1. The molecule has 2 aliphatic rings. The fourth-order valence-electron chi connectivity index (χ4n) is 6.44. The van der Waals surface area contributed by atoms with Crippen molar-refractivity contribution in [2.45, 2.75) is 96.0 Å². The average molecular weight is 724 g/mol. The van der Waals surface area contributed by atoms with E-state index in [0.717, 1.165) is 36.2 Å². The lowest BCUT2D eigenvalue weighted by Gasteiger charge is -2.47. The monoisotopic (exact) mass is 723 g/mol. The third kappa shape index (κ3) is 11.5. The molecular weight excluding hydrogens is 676 g/mol. The zero-order valence-electron chi connectivity index (χ0n) is 29.7. The van der Waals surface area contributed by atoms with Crippen molar-refractivity contribution < 1.29 is 40.6 Å². The minimum absolute atomic E-state index is 0.0976. The molecule has 14 heteroatoms. The highest BCUT2D eigenvalue weighted by atomic mass is 19.4. The van der Waals surface area contributed by atoms with Gasteiger partial charge in [0.2, 0.25) is 5.95 Å². The van der Waals surface area contributed by atoms with Gasteiger partial charge in [0.25, 0.3) is 6.47 Å². The molecule has 2 fully saturated rings. The number of rotatable bonds is 9. The van der Waals surface area contributed by atoms with Gasteiger partial charge in [0, 0.05) is 37.8 Å². The molecule has 3 heterocycles. The summed E-state index contributed by atoms with van der Waals surface area (Å²) >= 11 is 0. The molecule has 0 unspecified atom stereocenters. The number of aromatic nitrogens is 2. The quantitative estimate of drug-likeness (QED) is 0.164. The molecule has 2 saturated heterocycles. The largest absolute Gasteiger partial charge is 0.462 e. The summed E-state index contributed by atoms with van der Waals surface area (Å²) in [6.07, 6.45) is -3.62. The summed E-state index contributed by atoms with van der Waals surface area (Å²) in [5.74, 6) is 0.274. The Balaban J connectivity index is 0.000000755. The number of anilines is 2. The van der Waals surface area contributed by atoms with Crippen LogP contribution in [0.1, 0.15) is 69.2 Å². The number of hydrogen-bond donors (Lipinski definition) is 0. The fraction of sp³-hybridized carbons (Fsp3) is 0.541. The van der Waals surface area contributed by atoms with Gasteiger partial charge in [-0.1, -0.05) is 37.3 Å². The Hall–Kier alpha value is -3.91. The highest BCUT2D eigenvalue weighted by molar-refractivity contribution is 5.47. The van der Waals surface area contributed by atoms with Crippen molar-refractivity contribution in [3.05, 3.63) is 83.2 Å². The molecule has 0 radical (unpaired) electrons. The van der Waals surface area contributed by atoms with E-state index >= 15 is 0 Å². The van der Waals surface area contributed by atoms with E-state index in [1.165, 1.54) is 0 Å². The Bertz CT molecular complexity index is 1490. The number of piperidine rings is 1. The van der Waals surface area contributed by atoms with Crippen molar-refractivity contribution in [2.24, 2.45) is 0 Å². The molecule has 5 rings (SSSR count). The molecule has 0 bridgehead atoms. The van der Waals surface area contributed by atoms with Crippen molar-refractivity contribution in [1.29, 1.82) is 0 Å². The number of likely N-dealkylation sites (N-methyl/N-ethyl adjacent to an activating group) is 1. The van der Waals surface area contributed by atoms with Gasteiger partial charge in [-0.05, 0) is 82.8 Å². The first-order valence-electron chi connectivity index (χ1n) is 17.1. The first-order chi connectivity index (χ1) is 24.0. The molecule has 280 valence electrons. The molecule has 1 aromatic heterocycles. The zero-order valence-corrected chi connectivity index (χ0v) is 29.7. The lowest BCUT2D eigenvalue weighted by atomic mass is 9.86. The summed E-state index contributed by atoms with van der Waals surface area (Å²) in [5.41, 5.74) is -1.14. The van der Waals surface area contributed by atoms with Crippen LogP contribution in [0.15, 0.2) is 60.9 Å². The molecule has 3 atom stereocenters. The van der Waals surface area contributed by atoms with Crippen molar-refractivity contribution in [3.63, 3.8) is 0 Å². The lowest BCUT2D eigenvalue weighted by molar-refractivity contribution is -0.143. The van der Waals surface area contributed by atoms with E-state index in [9.17, 15) is 31.1 Å². The number of benzene rings is 2. The van der Waals surface area contributed by atoms with Crippen LogP contribution in [-0.4, -0.2) is 78.4 Å². The molecule has 8 nitrogen and oxygen atoms in total. The summed E-state index contributed by atoms with van der Waals surface area (Å²) in [7, 11) is 2.08. The van der Waals surface area contributed by atoms with Gasteiger partial charge >= 0.3 is 12.4 Å². The number of halogens is 6. The van der Waals surface area contributed by atoms with Crippen LogP contribution < -0.4 is 9.80 Å². The van der Waals surface area contributed by atoms with E-state index < -0.39 is 23.5 Å². The molecule has 0 saturated carbocycles. The highest BCUT2D eigenvalue weighted by Gasteiger charge is 2.39. The van der Waals surface area contributed by atoms with Gasteiger partial charge in [0.05, 0.1) is 42.4 Å². The number of morpholine rings is 1. The topological polar surface area (TPSA) is 71.0 Å². The van der Waals surface area contributed by atoms with Gasteiger partial charge in [-0.3, -0.25) is 9.69 Å². The Morgan fingerprint density at radius 2 is 1.45 bits per heavy atom. The smallest absolute Gasteiger partial charge is 0.416 e. The predicted molar refractivity (Wildman–Crippen MR) is 183 cm³/mol. The summed E-state index contributed by atoms with van der Waals surface area (Å²) in [6, 6.07) is 11.8. The fourth-order valence-corrected chi connectivity index (χ4v) is 6.44. The molecule has 0 N–H and O–H groups in total. The molecule has 2 aromatic carbocycles. The Labute approximate surface area is 295 Å². The second-order valence-corrected chi connectivity index (χ2v) is 13.9. The number of nitrogens with zero attached hydrogens (tertiary/aromatic N) is 5. The van der Waals surface area contributed by atoms with Crippen LogP contribution in [0.2, 0.25) is 0 Å². The summed E-state index contributed by atoms with van der Waals surface area (Å²) in [4.78, 5) is 25.1. The van der Waals surface area contributed by atoms with Gasteiger partial charge < -0.3 is 19.3 Å². The van der Waals surface area contributed by atoms with Crippen LogP contribution in [0.3, 0.4) is 0 Å². The summed E-state index contributed by atoms with van der Waals surface area (Å²) < 4.78 is 92.4. The molecular formula is C37H47F6N5O3. The summed E-state index contributed by atoms with van der Waals surface area (Å²) in [5, 5.41) is 0. The van der Waals surface area contributed by atoms with Crippen LogP contribution in [-0.2, 0) is 39.6 Å². The molecule has 0 aliphatic carbocycles. The first-order valence-corrected chi connectivity index (χ1v) is 17.1. The van der Waals surface area contributed by atoms with E-state index in [1.807, 2.05) is 39.0 Å². The Morgan fingerprint density at radius 1 is 0.882 bits per heavy atom. The Morgan fingerprint density at radius 3 is 1.94 bits per heavy atom. The van der Waals surface area contributed by atoms with E-state index in [0.29, 0.717) is 45.6 Å². The Kier molecular flexibility index (Phi) is 13.3. The van der Waals surface area contributed by atoms with E-state index in [4.69, 9.17) is 4.74 Å². The SMILES string of the molecule is CC(C)(C)OC=O.CC[C@@H]1C[C@H](N(Cc2cc(C(F)(F)F)cc(C(F)(F)F)c2)c2ncc(N3CCOCC3)cn2)C[C@H](Cc2ccccc2)N1C. The number of carbonyl (C=O) groups excluding carboxylic acids is 1. The second kappa shape index (κ2) is 17.1. The minimum Gasteiger partial charge on any atom is -0.462 e. The minimum atomic E-state index is -4.93. The summed E-state index contributed by atoms with van der Waals surface area (Å²) in [6.45, 7) is 10.3. The van der Waals surface area contributed by atoms with E-state index in [-0.39, 0.29) is 47.8 Å². The number of likely N-dealkylation sites (tertiary alicyclic amines) is 1. The van der Waals surface area contributed by atoms with Gasteiger partial charge in [-0.2, -0.15) is 26.3 Å². The molecule has 0 spiro atoms. The van der Waals surface area contributed by atoms with Crippen molar-refractivity contribution >= 4 is 18.1 Å². The normalized spacial score (nSPS) is 20.3. The molecule has 51 heavy (non-hydrogen) atoms. The molecule has 0 amide bonds. The van der Waals surface area contributed by atoms with Crippen molar-refractivity contribution in [3.8, 4) is 0 Å². The van der Waals surface area contributed by atoms with Gasteiger partial charge in [0.15, 0.2) is 0 Å². The molecule has 3 aromatic rings. The average Bonchev–Trinajstić information content (AvgIpc) is 3.08. The van der Waals surface area contributed by atoms with Crippen molar-refractivity contribution in [1.82, 2.24) is 14.9 Å². The zero-order chi connectivity index (χ0) is 37.4. The van der Waals surface area contributed by atoms with Gasteiger partial charge in [-0.25, -0.2) is 9.97 Å². The third-order valence-corrected chi connectivity index (χ3v) is 9.13. The van der Waals surface area contributed by atoms with Gasteiger partial charge in [0.1, 0.15) is 5.60 Å². The first kappa shape index (κ1) is 39.9. The van der Waals surface area contributed by atoms with Gasteiger partial charge in [-0.15, -0.1) is 0 Å². The molecule has 2 aliphatic heterocycles. The van der Waals surface area contributed by atoms with Crippen LogP contribution in [0.25, 0.3) is 0 Å². The highest BCUT2D eigenvalue weighted by Crippen LogP contribution is 2.38. The number of hydrogen-bond acceptors (Lipinski definition) is 8. The van der Waals surface area contributed by atoms with Crippen LogP contribution in [0.5, 0.6) is 0 Å². The lowest BCUT2D eigenvalue weighted by Crippen LogP contribution is -2.54. The maximum Gasteiger partial charge on any atom is 0.416 e. The third-order valence-electron chi connectivity index (χ3n) is 9.13. The van der Waals surface area contributed by atoms with E-state index in [1.54, 1.807) is 17.3 Å². The predicted octanol–water partition coefficient (Wildman–Crippen LogP) is 7.80. The van der Waals surface area contributed by atoms with Crippen LogP contribution in [0, 0.1) is 0 Å². The van der Waals surface area contributed by atoms with Crippen molar-refractivity contribution in [2.75, 3.05) is 43.2 Å². The number of ether oxygens (including phenoxy) is 2. The number of alkyl halides is 6. The maximum absolute atomic E-state index is 13.7. The van der Waals surface area contributed by atoms with Crippen LogP contribution in [0.4, 0.5) is 38.0 Å².